The molecule has 1 unspecified atom stereocenters. The fraction of sp³-hybridized carbons (Fsp3) is 0.240. The third kappa shape index (κ3) is 5.01. The highest BCUT2D eigenvalue weighted by Crippen LogP contribution is 2.27. The van der Waals surface area contributed by atoms with Crippen molar-refractivity contribution >= 4 is 31.6 Å². The summed E-state index contributed by atoms with van der Waals surface area (Å²) < 4.78 is 55.8. The predicted molar refractivity (Wildman–Crippen MR) is 134 cm³/mol. The first-order valence-corrected chi connectivity index (χ1v) is 14.0. The number of carbonyl (C=O) groups is 1. The molecule has 1 aliphatic heterocycles. The smallest absolute Gasteiger partial charge is 0.244 e. The van der Waals surface area contributed by atoms with E-state index >= 15 is 0 Å². The zero-order valence-corrected chi connectivity index (χ0v) is 21.1. The topological polar surface area (TPSA) is 104 Å². The number of amides is 1. The third-order valence-corrected chi connectivity index (χ3v) is 9.86. The molecule has 35 heavy (non-hydrogen) atoms. The van der Waals surface area contributed by atoms with Crippen LogP contribution in [0.2, 0.25) is 0 Å². The van der Waals surface area contributed by atoms with Gasteiger partial charge in [-0.3, -0.25) is 4.79 Å². The molecule has 0 saturated carbocycles. The minimum absolute atomic E-state index is 0.0456. The lowest BCUT2D eigenvalue weighted by Crippen LogP contribution is -2.60. The number of hydrogen-bond donors (Lipinski definition) is 1. The summed E-state index contributed by atoms with van der Waals surface area (Å²) in [5.74, 6) is -0.588. The maximum Gasteiger partial charge on any atom is 0.244 e. The summed E-state index contributed by atoms with van der Waals surface area (Å²) in [6.07, 6.45) is 0. The number of benzene rings is 3. The van der Waals surface area contributed by atoms with Crippen LogP contribution in [0.1, 0.15) is 11.1 Å². The van der Waals surface area contributed by atoms with E-state index in [2.05, 4.69) is 5.32 Å². The second kappa shape index (κ2) is 9.90. The normalized spacial score (nSPS) is 17.7. The second-order valence-electron chi connectivity index (χ2n) is 8.38. The summed E-state index contributed by atoms with van der Waals surface area (Å²) in [5.41, 5.74) is 2.22. The van der Waals surface area contributed by atoms with Crippen molar-refractivity contribution in [2.45, 2.75) is 29.7 Å². The van der Waals surface area contributed by atoms with Crippen LogP contribution in [-0.4, -0.2) is 57.0 Å². The molecule has 10 heteroatoms. The van der Waals surface area contributed by atoms with E-state index in [1.807, 2.05) is 32.0 Å². The van der Waals surface area contributed by atoms with Crippen LogP contribution in [0.3, 0.4) is 0 Å². The summed E-state index contributed by atoms with van der Waals surface area (Å²) in [4.78, 5) is 13.7. The van der Waals surface area contributed by atoms with Gasteiger partial charge in [-0.25, -0.2) is 16.8 Å². The van der Waals surface area contributed by atoms with Crippen LogP contribution in [0.15, 0.2) is 88.7 Å². The number of nitrogens with one attached hydrogen (secondary N) is 1. The Bertz CT molecular complexity index is 1410. The molecule has 0 bridgehead atoms. The van der Waals surface area contributed by atoms with E-state index in [4.69, 9.17) is 0 Å². The summed E-state index contributed by atoms with van der Waals surface area (Å²) >= 11 is 0. The van der Waals surface area contributed by atoms with E-state index in [0.29, 0.717) is 5.69 Å². The Morgan fingerprint density at radius 2 is 1.26 bits per heavy atom. The van der Waals surface area contributed by atoms with Crippen LogP contribution in [-0.2, 0) is 24.8 Å². The average Bonchev–Trinajstić information content (AvgIpc) is 2.87. The minimum atomic E-state index is -4.05. The van der Waals surface area contributed by atoms with Gasteiger partial charge < -0.3 is 5.32 Å². The Kier molecular flexibility index (Phi) is 7.09. The molecule has 8 nitrogen and oxygen atoms in total. The fourth-order valence-corrected chi connectivity index (χ4v) is 7.20. The number of sulfonamides is 2. The predicted octanol–water partition coefficient (Wildman–Crippen LogP) is 3.01. The summed E-state index contributed by atoms with van der Waals surface area (Å²) in [5, 5.41) is 2.85. The first-order chi connectivity index (χ1) is 16.6. The first kappa shape index (κ1) is 25.1. The highest BCUT2D eigenvalue weighted by atomic mass is 32.2. The second-order valence-corrected chi connectivity index (χ2v) is 12.2. The number of nitrogens with zero attached hydrogens (tertiary/aromatic N) is 2. The van der Waals surface area contributed by atoms with E-state index in [-0.39, 0.29) is 29.4 Å². The molecule has 4 rings (SSSR count). The zero-order valence-electron chi connectivity index (χ0n) is 19.5. The standard InChI is InChI=1S/C25H27N3O5S2/c1-19-10-9-11-20(2)24(19)26-25(29)23-18-27(34(30,31)21-12-5-3-6-13-21)16-17-28(23)35(32,33)22-14-7-4-8-15-22/h3-15,23H,16-18H2,1-2H3,(H,26,29). The molecule has 3 aromatic carbocycles. The van der Waals surface area contributed by atoms with Gasteiger partial charge in [0.05, 0.1) is 9.79 Å². The summed E-state index contributed by atoms with van der Waals surface area (Å²) in [6, 6.07) is 20.0. The highest BCUT2D eigenvalue weighted by Gasteiger charge is 2.43. The molecule has 1 amide bonds. The molecule has 1 N–H and O–H groups in total. The van der Waals surface area contributed by atoms with E-state index in [1.54, 1.807) is 36.4 Å². The largest absolute Gasteiger partial charge is 0.324 e. The Morgan fingerprint density at radius 3 is 1.80 bits per heavy atom. The first-order valence-electron chi connectivity index (χ1n) is 11.1. The summed E-state index contributed by atoms with van der Waals surface area (Å²) in [6.45, 7) is 3.15. The van der Waals surface area contributed by atoms with Gasteiger partial charge in [0.1, 0.15) is 6.04 Å². The number of aryl methyl sites for hydroxylation is 2. The van der Waals surface area contributed by atoms with Crippen molar-refractivity contribution in [3.05, 3.63) is 90.0 Å². The Labute approximate surface area is 206 Å². The number of hydrogen-bond acceptors (Lipinski definition) is 5. The monoisotopic (exact) mass is 513 g/mol. The van der Waals surface area contributed by atoms with Gasteiger partial charge >= 0.3 is 0 Å². The lowest BCUT2D eigenvalue weighted by atomic mass is 10.1. The molecule has 0 aromatic heterocycles. The summed E-state index contributed by atoms with van der Waals surface area (Å²) in [7, 11) is -7.97. The molecule has 1 aliphatic rings. The van der Waals surface area contributed by atoms with Crippen LogP contribution in [0, 0.1) is 13.8 Å². The van der Waals surface area contributed by atoms with Gasteiger partial charge in [0.25, 0.3) is 0 Å². The molecule has 0 spiro atoms. The van der Waals surface area contributed by atoms with Crippen LogP contribution in [0.25, 0.3) is 0 Å². The molecule has 1 atom stereocenters. The number of carbonyl (C=O) groups excluding carboxylic acids is 1. The van der Waals surface area contributed by atoms with Gasteiger partial charge in [-0.15, -0.1) is 0 Å². The average molecular weight is 514 g/mol. The van der Waals surface area contributed by atoms with E-state index in [9.17, 15) is 21.6 Å². The lowest BCUT2D eigenvalue weighted by molar-refractivity contribution is -0.120. The maximum absolute atomic E-state index is 13.5. The van der Waals surface area contributed by atoms with Crippen molar-refractivity contribution in [2.24, 2.45) is 0 Å². The lowest BCUT2D eigenvalue weighted by Gasteiger charge is -2.39. The molecular weight excluding hydrogens is 486 g/mol. The van der Waals surface area contributed by atoms with Gasteiger partial charge in [-0.1, -0.05) is 54.6 Å². The number of piperazine rings is 1. The Morgan fingerprint density at radius 1 is 0.743 bits per heavy atom. The van der Waals surface area contributed by atoms with Crippen LogP contribution >= 0.6 is 0 Å². The maximum atomic E-state index is 13.5. The van der Waals surface area contributed by atoms with Gasteiger partial charge in [0.2, 0.25) is 26.0 Å². The van der Waals surface area contributed by atoms with Gasteiger partial charge in [-0.2, -0.15) is 8.61 Å². The molecule has 0 radical (unpaired) electrons. The molecular formula is C25H27N3O5S2. The molecule has 0 aliphatic carbocycles. The quantitative estimate of drug-likeness (QED) is 0.546. The van der Waals surface area contributed by atoms with Crippen molar-refractivity contribution in [3.63, 3.8) is 0 Å². The Hall–Kier alpha value is -3.05. The molecule has 184 valence electrons. The zero-order chi connectivity index (χ0) is 25.2. The number of rotatable bonds is 6. The van der Waals surface area contributed by atoms with Crippen molar-refractivity contribution in [1.82, 2.24) is 8.61 Å². The van der Waals surface area contributed by atoms with Crippen LogP contribution in [0.4, 0.5) is 5.69 Å². The van der Waals surface area contributed by atoms with E-state index in [0.717, 1.165) is 15.4 Å². The highest BCUT2D eigenvalue weighted by molar-refractivity contribution is 7.89. The van der Waals surface area contributed by atoms with Crippen LogP contribution < -0.4 is 5.32 Å². The number of para-hydroxylation sites is 1. The van der Waals surface area contributed by atoms with Crippen molar-refractivity contribution < 1.29 is 21.6 Å². The van der Waals surface area contributed by atoms with Gasteiger partial charge in [0, 0.05) is 25.3 Å². The molecule has 1 heterocycles. The van der Waals surface area contributed by atoms with Crippen molar-refractivity contribution in [2.75, 3.05) is 25.0 Å². The van der Waals surface area contributed by atoms with Gasteiger partial charge in [0.15, 0.2) is 0 Å². The van der Waals surface area contributed by atoms with Crippen molar-refractivity contribution in [3.8, 4) is 0 Å². The van der Waals surface area contributed by atoms with Crippen molar-refractivity contribution in [1.29, 1.82) is 0 Å². The van der Waals surface area contributed by atoms with Gasteiger partial charge in [-0.05, 0) is 49.2 Å². The molecule has 1 fully saturated rings. The van der Waals surface area contributed by atoms with Crippen LogP contribution in [0.5, 0.6) is 0 Å². The van der Waals surface area contributed by atoms with E-state index in [1.165, 1.54) is 28.6 Å². The van der Waals surface area contributed by atoms with E-state index < -0.39 is 32.0 Å². The minimum Gasteiger partial charge on any atom is -0.324 e. The number of anilines is 1. The third-order valence-electron chi connectivity index (χ3n) is 6.06. The SMILES string of the molecule is Cc1cccc(C)c1NC(=O)C1CN(S(=O)(=O)c2ccccc2)CCN1S(=O)(=O)c1ccccc1. The fourth-order valence-electron chi connectivity index (χ4n) is 4.15. The molecule has 3 aromatic rings. The molecule has 1 saturated heterocycles. The Balaban J connectivity index is 1.72.